The summed E-state index contributed by atoms with van der Waals surface area (Å²) in [6.45, 7) is 12.7. The number of benzene rings is 2. The number of piperazine rings is 1. The van der Waals surface area contributed by atoms with Crippen molar-refractivity contribution in [3.63, 3.8) is 0 Å². The summed E-state index contributed by atoms with van der Waals surface area (Å²) < 4.78 is 5.64. The van der Waals surface area contributed by atoms with Crippen molar-refractivity contribution >= 4 is 56.3 Å². The van der Waals surface area contributed by atoms with E-state index in [1.165, 1.54) is 12.5 Å². The third-order valence-electron chi connectivity index (χ3n) is 7.06. The van der Waals surface area contributed by atoms with E-state index in [1.807, 2.05) is 37.8 Å². The lowest BCUT2D eigenvalue weighted by Crippen LogP contribution is -2.55. The smallest absolute Gasteiger partial charge is 0.410 e. The first-order valence-electron chi connectivity index (χ1n) is 13.8. The molecule has 0 N–H and O–H groups in total. The van der Waals surface area contributed by atoms with Gasteiger partial charge in [-0.05, 0) is 57.9 Å². The summed E-state index contributed by atoms with van der Waals surface area (Å²) >= 11 is 6.66. The summed E-state index contributed by atoms with van der Waals surface area (Å²) in [6.07, 6.45) is 2.63. The molecule has 2 aromatic carbocycles. The number of hydrogen-bond acceptors (Lipinski definition) is 7. The van der Waals surface area contributed by atoms with E-state index in [0.29, 0.717) is 26.2 Å². The van der Waals surface area contributed by atoms with Crippen molar-refractivity contribution in [2.45, 2.75) is 64.4 Å². The molecule has 218 valence electrons. The quantitative estimate of drug-likeness (QED) is 0.252. The third-order valence-corrected chi connectivity index (χ3v) is 8.18. The first-order valence-corrected chi connectivity index (χ1v) is 15.9. The van der Waals surface area contributed by atoms with Crippen LogP contribution in [0.3, 0.4) is 0 Å². The Morgan fingerprint density at radius 2 is 1.83 bits per heavy atom. The maximum Gasteiger partial charge on any atom is 0.410 e. The molecule has 1 aromatic heterocycles. The zero-order valence-electron chi connectivity index (χ0n) is 24.8. The number of aromatic nitrogens is 2. The van der Waals surface area contributed by atoms with E-state index >= 15 is 0 Å². The number of hydrogen-bond donors (Lipinski definition) is 0. The second kappa shape index (κ2) is 12.7. The van der Waals surface area contributed by atoms with Crippen LogP contribution in [0.4, 0.5) is 16.3 Å². The van der Waals surface area contributed by atoms with Gasteiger partial charge in [0.2, 0.25) is 0 Å². The van der Waals surface area contributed by atoms with Crippen LogP contribution in [0.15, 0.2) is 41.6 Å². The molecule has 2 aliphatic rings. The van der Waals surface area contributed by atoms with Crippen molar-refractivity contribution in [3.05, 3.63) is 52.7 Å². The molecule has 10 heteroatoms. The molecule has 2 atom stereocenters. The molecular formula is C31H39ClN6O2S. The van der Waals surface area contributed by atoms with E-state index < -0.39 is 5.60 Å². The molecule has 1 saturated heterocycles. The zero-order chi connectivity index (χ0) is 29.9. The number of ether oxygens (including phenoxy) is 1. The molecule has 0 aliphatic carbocycles. The van der Waals surface area contributed by atoms with Crippen molar-refractivity contribution in [2.24, 2.45) is 0 Å². The third kappa shape index (κ3) is 6.94. The Labute approximate surface area is 250 Å². The molecule has 0 radical (unpaired) electrons. The Kier molecular flexibility index (Phi) is 9.45. The van der Waals surface area contributed by atoms with Gasteiger partial charge in [-0.15, -0.1) is 10.5 Å². The lowest BCUT2D eigenvalue weighted by atomic mass is 10.0. The molecule has 3 aromatic rings. The standard InChI is InChI=1S/C29H36ClN5O2S.C2H3N/c1-19-17-34(15-16-35(19)28(36)37-29(2,3)4)26-21-13-14-33(18-23(21)31-27(32-26)38(5)6)24-12-8-10-20-9-7-11-22(30)25(20)24;1-2-3/h7-12,19H,5,13-18H2,1-4,6H3;1H3/t19-,38?;/m0./s1. The average molecular weight is 595 g/mol. The van der Waals surface area contributed by atoms with Crippen LogP contribution in [0.1, 0.15) is 45.9 Å². The van der Waals surface area contributed by atoms with Crippen LogP contribution in [0.25, 0.3) is 10.8 Å². The van der Waals surface area contributed by atoms with Crippen LogP contribution in [0, 0.1) is 11.3 Å². The Morgan fingerprint density at radius 1 is 1.15 bits per heavy atom. The SMILES string of the molecule is C=S(C)c1nc2c(c(N3CCN(C(=O)OC(C)(C)C)[C@@H](C)C3)n1)CCN(c1cccc3cccc(Cl)c13)C2.CC#N. The number of nitriles is 1. The molecule has 0 spiro atoms. The number of halogens is 1. The van der Waals surface area contributed by atoms with Crippen molar-refractivity contribution in [1.29, 1.82) is 5.26 Å². The van der Waals surface area contributed by atoms with Crippen LogP contribution < -0.4 is 9.80 Å². The van der Waals surface area contributed by atoms with Gasteiger partial charge in [0.1, 0.15) is 11.4 Å². The summed E-state index contributed by atoms with van der Waals surface area (Å²) in [4.78, 5) is 29.3. The first kappa shape index (κ1) is 30.6. The predicted molar refractivity (Wildman–Crippen MR) is 171 cm³/mol. The lowest BCUT2D eigenvalue weighted by molar-refractivity contribution is 0.0158. The largest absolute Gasteiger partial charge is 0.444 e. The minimum absolute atomic E-state index is 0.00482. The summed E-state index contributed by atoms with van der Waals surface area (Å²) in [5, 5.41) is 11.1. The topological polar surface area (TPSA) is 85.6 Å². The molecule has 0 bridgehead atoms. The van der Waals surface area contributed by atoms with Gasteiger partial charge in [0.25, 0.3) is 0 Å². The monoisotopic (exact) mass is 594 g/mol. The lowest BCUT2D eigenvalue weighted by Gasteiger charge is -2.42. The highest BCUT2D eigenvalue weighted by Crippen LogP contribution is 2.37. The van der Waals surface area contributed by atoms with E-state index in [2.05, 4.69) is 53.1 Å². The number of carbonyl (C=O) groups excluding carboxylic acids is 1. The zero-order valence-corrected chi connectivity index (χ0v) is 26.3. The van der Waals surface area contributed by atoms with Crippen molar-refractivity contribution < 1.29 is 9.53 Å². The van der Waals surface area contributed by atoms with E-state index in [9.17, 15) is 4.79 Å². The van der Waals surface area contributed by atoms with Gasteiger partial charge in [-0.2, -0.15) is 5.26 Å². The van der Waals surface area contributed by atoms with Gasteiger partial charge in [0, 0.05) is 55.8 Å². The van der Waals surface area contributed by atoms with Crippen molar-refractivity contribution in [3.8, 4) is 6.07 Å². The Balaban J connectivity index is 0.00000124. The van der Waals surface area contributed by atoms with Gasteiger partial charge in [0.15, 0.2) is 5.16 Å². The van der Waals surface area contributed by atoms with Gasteiger partial charge in [-0.3, -0.25) is 0 Å². The molecule has 1 unspecified atom stereocenters. The van der Waals surface area contributed by atoms with E-state index in [0.717, 1.165) is 51.1 Å². The normalized spacial score (nSPS) is 17.7. The second-order valence-electron chi connectivity index (χ2n) is 11.4. The van der Waals surface area contributed by atoms with E-state index in [4.69, 9.17) is 31.6 Å². The fourth-order valence-electron chi connectivity index (χ4n) is 5.29. The average Bonchev–Trinajstić information content (AvgIpc) is 2.91. The van der Waals surface area contributed by atoms with Crippen LogP contribution >= 0.6 is 22.1 Å². The van der Waals surface area contributed by atoms with E-state index in [-0.39, 0.29) is 22.6 Å². The fraction of sp³-hybridized carbons (Fsp3) is 0.452. The maximum absolute atomic E-state index is 12.8. The number of nitrogens with zero attached hydrogens (tertiary/aromatic N) is 6. The number of rotatable bonds is 3. The van der Waals surface area contributed by atoms with Gasteiger partial charge < -0.3 is 19.4 Å². The summed E-state index contributed by atoms with van der Waals surface area (Å²) in [6, 6.07) is 14.1. The highest BCUT2D eigenvalue weighted by Gasteiger charge is 2.34. The predicted octanol–water partition coefficient (Wildman–Crippen LogP) is 6.51. The minimum atomic E-state index is -0.514. The molecule has 0 saturated carbocycles. The van der Waals surface area contributed by atoms with Gasteiger partial charge in [-0.25, -0.2) is 14.8 Å². The number of anilines is 2. The number of carbonyl (C=O) groups is 1. The molecule has 1 amide bonds. The molecule has 1 fully saturated rings. The Morgan fingerprint density at radius 3 is 2.46 bits per heavy atom. The molecular weight excluding hydrogens is 556 g/mol. The first-order chi connectivity index (χ1) is 19.4. The highest BCUT2D eigenvalue weighted by atomic mass is 35.5. The van der Waals surface area contributed by atoms with Crippen LogP contribution in [0.5, 0.6) is 0 Å². The highest BCUT2D eigenvalue weighted by molar-refractivity contribution is 8.13. The Hall–Kier alpha value is -3.35. The molecule has 8 nitrogen and oxygen atoms in total. The second-order valence-corrected chi connectivity index (χ2v) is 13.4. The summed E-state index contributed by atoms with van der Waals surface area (Å²) in [7, 11) is -0.331. The van der Waals surface area contributed by atoms with Gasteiger partial charge in [0.05, 0.1) is 23.3 Å². The van der Waals surface area contributed by atoms with Crippen LogP contribution in [-0.4, -0.2) is 70.9 Å². The summed E-state index contributed by atoms with van der Waals surface area (Å²) in [5.74, 6) is 5.23. The molecule has 41 heavy (non-hydrogen) atoms. The Bertz CT molecular complexity index is 1490. The minimum Gasteiger partial charge on any atom is -0.444 e. The number of fused-ring (bicyclic) bond motifs is 2. The fourth-order valence-corrected chi connectivity index (χ4v) is 6.08. The molecule has 5 rings (SSSR count). The van der Waals surface area contributed by atoms with Crippen molar-refractivity contribution in [1.82, 2.24) is 14.9 Å². The molecule has 2 aliphatic heterocycles. The number of amides is 1. The maximum atomic E-state index is 12.8. The summed E-state index contributed by atoms with van der Waals surface area (Å²) in [5.41, 5.74) is 2.86. The van der Waals surface area contributed by atoms with Crippen LogP contribution in [0.2, 0.25) is 5.02 Å². The molecule has 3 heterocycles. The van der Waals surface area contributed by atoms with Crippen LogP contribution in [-0.2, 0) is 17.7 Å². The van der Waals surface area contributed by atoms with Gasteiger partial charge in [-0.1, -0.05) is 41.7 Å². The van der Waals surface area contributed by atoms with E-state index in [1.54, 1.807) is 6.07 Å². The van der Waals surface area contributed by atoms with Gasteiger partial charge >= 0.3 is 6.09 Å². The van der Waals surface area contributed by atoms with Crippen molar-refractivity contribution in [2.75, 3.05) is 42.2 Å².